The van der Waals surface area contributed by atoms with E-state index < -0.39 is 48.9 Å². The summed E-state index contributed by atoms with van der Waals surface area (Å²) in [5.74, 6) is -1.32. The van der Waals surface area contributed by atoms with Crippen molar-refractivity contribution < 1.29 is 40.1 Å². The fraction of sp³-hybridized carbons (Fsp3) is 0.553. The average molecular weight is 804 g/mol. The highest BCUT2D eigenvalue weighted by Crippen LogP contribution is 2.21. The third-order valence-corrected chi connectivity index (χ3v) is 9.75. The van der Waals surface area contributed by atoms with Gasteiger partial charge in [0.05, 0.1) is 25.3 Å². The van der Waals surface area contributed by atoms with Crippen molar-refractivity contribution in [2.24, 2.45) is 11.5 Å². The maximum absolute atomic E-state index is 12.4. The van der Waals surface area contributed by atoms with Gasteiger partial charge in [0, 0.05) is 6.54 Å². The Bertz CT molecular complexity index is 1740. The largest absolute Gasteiger partial charge is 0.394 e. The molecule has 3 aromatic rings. The number of nitrogens with one attached hydrogen (secondary N) is 3. The standard InChI is InChI=1S/C38H59ClN10O7/c1-2-3-4-7-16-49(21-28(51)31(53)32(54)29(52)22-50)17-8-15-44-27(36(42)55)20-24-11-13-25-18-23(10-12-26(25)19-24)9-5-6-14-45-38(43)48-37(56)30-34(40)47-35(41)33(39)46-30/h10-13,18-19,27-29,31-32,44,50-54H,2-9,14-17,20-22H2,1H3,(H2,42,55)(H4,40,41,47)(H3,43,45,48,56)/p+1. The van der Waals surface area contributed by atoms with Gasteiger partial charge >= 0.3 is 11.9 Å². The number of unbranched alkanes of at least 4 members (excludes halogenated alkanes) is 4. The number of nitrogens with zero attached hydrogens (tertiary/aromatic N) is 3. The Hall–Kier alpha value is -4.20. The average Bonchev–Trinajstić information content (AvgIpc) is 3.17. The van der Waals surface area contributed by atoms with E-state index in [1.807, 2.05) is 17.0 Å². The van der Waals surface area contributed by atoms with Crippen LogP contribution in [0.1, 0.15) is 73.5 Å². The zero-order chi connectivity index (χ0) is 41.2. The summed E-state index contributed by atoms with van der Waals surface area (Å²) in [6.07, 6.45) is 1.39. The maximum Gasteiger partial charge on any atom is 0.348 e. The van der Waals surface area contributed by atoms with Crippen LogP contribution in [0.5, 0.6) is 0 Å². The summed E-state index contributed by atoms with van der Waals surface area (Å²) in [5, 5.41) is 57.4. The minimum atomic E-state index is -1.68. The van der Waals surface area contributed by atoms with Crippen LogP contribution >= 0.6 is 11.6 Å². The van der Waals surface area contributed by atoms with Gasteiger partial charge in [0.25, 0.3) is 0 Å². The number of carbonyl (C=O) groups excluding carboxylic acids is 2. The number of carbonyl (C=O) groups is 2. The Kier molecular flexibility index (Phi) is 19.6. The monoisotopic (exact) mass is 803 g/mol. The second-order valence-corrected chi connectivity index (χ2v) is 14.4. The molecule has 5 atom stereocenters. The molecule has 0 spiro atoms. The van der Waals surface area contributed by atoms with Crippen LogP contribution in [-0.2, 0) is 17.6 Å². The van der Waals surface area contributed by atoms with E-state index in [0.717, 1.165) is 61.3 Å². The van der Waals surface area contributed by atoms with E-state index in [1.165, 1.54) is 5.56 Å². The molecule has 56 heavy (non-hydrogen) atoms. The number of anilines is 2. The van der Waals surface area contributed by atoms with Gasteiger partial charge in [-0.05, 0) is 80.1 Å². The van der Waals surface area contributed by atoms with E-state index in [4.69, 9.17) is 39.6 Å². The molecule has 2 amide bonds. The number of nitrogen functional groups attached to an aromatic ring is 2. The van der Waals surface area contributed by atoms with Gasteiger partial charge in [0.15, 0.2) is 22.5 Å². The lowest BCUT2D eigenvalue weighted by Gasteiger charge is -2.30. The Morgan fingerprint density at radius 2 is 1.52 bits per heavy atom. The third-order valence-electron chi connectivity index (χ3n) is 9.47. The van der Waals surface area contributed by atoms with Crippen molar-refractivity contribution in [2.45, 2.75) is 95.2 Å². The first-order chi connectivity index (χ1) is 26.7. The van der Waals surface area contributed by atoms with Crippen LogP contribution in [0, 0.1) is 0 Å². The maximum atomic E-state index is 12.4. The lowest BCUT2D eigenvalue weighted by molar-refractivity contribution is -0.460. The molecule has 0 fully saturated rings. The molecule has 3 rings (SSSR count). The number of hydrogen-bond donors (Lipinski definition) is 12. The van der Waals surface area contributed by atoms with Crippen LogP contribution in [0.3, 0.4) is 0 Å². The molecule has 2 aromatic carbocycles. The number of amides is 2. The number of primary amides is 1. The number of fused-ring (bicyclic) bond motifs is 1. The summed E-state index contributed by atoms with van der Waals surface area (Å²) in [7, 11) is 0. The second-order valence-electron chi connectivity index (χ2n) is 14.0. The van der Waals surface area contributed by atoms with Crippen LogP contribution in [-0.4, -0.2) is 128 Å². The molecule has 0 bridgehead atoms. The van der Waals surface area contributed by atoms with E-state index in [2.05, 4.69) is 56.8 Å². The zero-order valence-electron chi connectivity index (χ0n) is 32.0. The SMILES string of the molecule is CCCCCCN(CCCNC(Cc1ccc2cc(CCCC[NH+]=C(N)NC(=O)c3nc(Cl)c(N)nc3N)ccc2c1)C(N)=O)CC(O)C(O)C(O)C(O)CO. The number of aromatic nitrogens is 2. The third kappa shape index (κ3) is 15.0. The number of guanidine groups is 1. The molecule has 16 N–H and O–H groups in total. The fourth-order valence-corrected chi connectivity index (χ4v) is 6.35. The normalized spacial score (nSPS) is 14.8. The number of aliphatic hydroxyl groups excluding tert-OH is 5. The Morgan fingerprint density at radius 1 is 0.857 bits per heavy atom. The highest BCUT2D eigenvalue weighted by molar-refractivity contribution is 6.31. The minimum absolute atomic E-state index is 0.0450. The first kappa shape index (κ1) is 46.2. The van der Waals surface area contributed by atoms with Crippen LogP contribution in [0.4, 0.5) is 11.6 Å². The summed E-state index contributed by atoms with van der Waals surface area (Å²) in [4.78, 5) is 37.4. The van der Waals surface area contributed by atoms with Gasteiger partial charge in [-0.25, -0.2) is 20.1 Å². The molecule has 17 nitrogen and oxygen atoms in total. The summed E-state index contributed by atoms with van der Waals surface area (Å²) in [5.41, 5.74) is 24.9. The molecular formula is C38H60ClN10O7+. The van der Waals surface area contributed by atoms with E-state index in [9.17, 15) is 30.0 Å². The molecule has 0 aliphatic rings. The van der Waals surface area contributed by atoms with Gasteiger partial charge in [-0.2, -0.15) is 0 Å². The topological polar surface area (TPSA) is 306 Å². The molecule has 1 aromatic heterocycles. The molecular weight excluding hydrogens is 744 g/mol. The predicted octanol–water partition coefficient (Wildman–Crippen LogP) is -1.71. The van der Waals surface area contributed by atoms with Crippen molar-refractivity contribution in [3.8, 4) is 0 Å². The van der Waals surface area contributed by atoms with Gasteiger partial charge in [-0.15, -0.1) is 0 Å². The van der Waals surface area contributed by atoms with Gasteiger partial charge < -0.3 is 53.0 Å². The summed E-state index contributed by atoms with van der Waals surface area (Å²) < 4.78 is 0. The van der Waals surface area contributed by atoms with E-state index >= 15 is 0 Å². The lowest BCUT2D eigenvalue weighted by Crippen LogP contribution is -2.79. The number of hydrogen-bond acceptors (Lipinski definition) is 13. The van der Waals surface area contributed by atoms with E-state index in [1.54, 1.807) is 0 Å². The highest BCUT2D eigenvalue weighted by Gasteiger charge is 2.31. The van der Waals surface area contributed by atoms with Crippen LogP contribution in [0.25, 0.3) is 10.8 Å². The van der Waals surface area contributed by atoms with Gasteiger partial charge in [-0.1, -0.05) is 74.2 Å². The molecule has 18 heteroatoms. The first-order valence-corrected chi connectivity index (χ1v) is 19.5. The summed E-state index contributed by atoms with van der Waals surface area (Å²) >= 11 is 5.85. The highest BCUT2D eigenvalue weighted by atomic mass is 35.5. The Labute approximate surface area is 332 Å². The number of rotatable bonds is 25. The molecule has 0 saturated carbocycles. The van der Waals surface area contributed by atoms with E-state index in [0.29, 0.717) is 39.0 Å². The van der Waals surface area contributed by atoms with Crippen LogP contribution < -0.4 is 38.6 Å². The number of halogens is 1. The van der Waals surface area contributed by atoms with Crippen molar-refractivity contribution in [3.63, 3.8) is 0 Å². The van der Waals surface area contributed by atoms with Gasteiger partial charge in [0.2, 0.25) is 5.91 Å². The summed E-state index contributed by atoms with van der Waals surface area (Å²) in [6, 6.07) is 11.8. The van der Waals surface area contributed by atoms with E-state index in [-0.39, 0.29) is 35.0 Å². The number of aryl methyl sites for hydroxylation is 1. The number of benzene rings is 2. The van der Waals surface area contributed by atoms with Crippen LogP contribution in [0.15, 0.2) is 36.4 Å². The Morgan fingerprint density at radius 3 is 2.20 bits per heavy atom. The molecule has 310 valence electrons. The second kappa shape index (κ2) is 23.8. The lowest BCUT2D eigenvalue weighted by atomic mass is 9.98. The van der Waals surface area contributed by atoms with Gasteiger partial charge in [-0.3, -0.25) is 15.5 Å². The Balaban J connectivity index is 1.47. The van der Waals surface area contributed by atoms with Crippen LogP contribution in [0.2, 0.25) is 5.15 Å². The van der Waals surface area contributed by atoms with Crippen molar-refractivity contribution in [3.05, 3.63) is 58.4 Å². The number of nitrogens with two attached hydrogens (primary N) is 4. The van der Waals surface area contributed by atoms with Crippen molar-refractivity contribution in [2.75, 3.05) is 50.8 Å². The predicted molar refractivity (Wildman–Crippen MR) is 216 cm³/mol. The first-order valence-electron chi connectivity index (χ1n) is 19.1. The van der Waals surface area contributed by atoms with Crippen molar-refractivity contribution in [1.29, 1.82) is 0 Å². The molecule has 0 aliphatic heterocycles. The fourth-order valence-electron chi connectivity index (χ4n) is 6.22. The smallest absolute Gasteiger partial charge is 0.348 e. The molecule has 0 saturated heterocycles. The molecule has 0 aliphatic carbocycles. The number of aliphatic hydroxyl groups is 5. The molecule has 1 heterocycles. The van der Waals surface area contributed by atoms with Crippen molar-refractivity contribution in [1.82, 2.24) is 25.5 Å². The van der Waals surface area contributed by atoms with Gasteiger partial charge in [0.1, 0.15) is 18.3 Å². The quantitative estimate of drug-likeness (QED) is 0.0258. The van der Waals surface area contributed by atoms with Crippen molar-refractivity contribution >= 4 is 51.8 Å². The molecule has 0 radical (unpaired) electrons. The zero-order valence-corrected chi connectivity index (χ0v) is 32.8. The summed E-state index contributed by atoms with van der Waals surface area (Å²) in [6.45, 7) is 3.69. The molecule has 5 unspecified atom stereocenters. The minimum Gasteiger partial charge on any atom is -0.394 e.